The third-order valence-electron chi connectivity index (χ3n) is 1.26. The molecule has 4 heteroatoms. The lowest BCUT2D eigenvalue weighted by Gasteiger charge is -2.20. The second-order valence-corrected chi connectivity index (χ2v) is 2.74. The van der Waals surface area contributed by atoms with Gasteiger partial charge in [0.2, 0.25) is 0 Å². The summed E-state index contributed by atoms with van der Waals surface area (Å²) in [6.07, 6.45) is -0.225. The van der Waals surface area contributed by atoms with Gasteiger partial charge in [-0.05, 0) is 21.0 Å². The highest BCUT2D eigenvalue weighted by Gasteiger charge is 2.08. The number of aliphatic hydroxyl groups is 1. The van der Waals surface area contributed by atoms with Gasteiger partial charge in [-0.1, -0.05) is 0 Å². The smallest absolute Gasteiger partial charge is 0.170 e. The SMILES string of the molecule is CCOC(CN(C)C)OCCO. The Bertz CT molecular complexity index is 98.3. The molecule has 4 nitrogen and oxygen atoms in total. The minimum absolute atomic E-state index is 0.0387. The minimum Gasteiger partial charge on any atom is -0.394 e. The van der Waals surface area contributed by atoms with Crippen LogP contribution in [0.15, 0.2) is 0 Å². The highest BCUT2D eigenvalue weighted by molar-refractivity contribution is 4.49. The van der Waals surface area contributed by atoms with Gasteiger partial charge in [-0.3, -0.25) is 0 Å². The van der Waals surface area contributed by atoms with Crippen LogP contribution < -0.4 is 0 Å². The van der Waals surface area contributed by atoms with Gasteiger partial charge in [-0.25, -0.2) is 0 Å². The Kier molecular flexibility index (Phi) is 7.39. The Morgan fingerprint density at radius 3 is 2.42 bits per heavy atom. The molecule has 0 aliphatic carbocycles. The van der Waals surface area contributed by atoms with E-state index in [1.54, 1.807) is 0 Å². The summed E-state index contributed by atoms with van der Waals surface area (Å²) in [5.41, 5.74) is 0. The molecule has 0 bridgehead atoms. The Morgan fingerprint density at radius 1 is 1.33 bits per heavy atom. The molecule has 0 heterocycles. The molecule has 0 spiro atoms. The van der Waals surface area contributed by atoms with E-state index in [9.17, 15) is 0 Å². The molecule has 0 rings (SSSR count). The molecule has 1 N–H and O–H groups in total. The molecular formula is C8H19NO3. The van der Waals surface area contributed by atoms with Gasteiger partial charge >= 0.3 is 0 Å². The molecule has 0 fully saturated rings. The normalized spacial score (nSPS) is 13.8. The number of hydrogen-bond acceptors (Lipinski definition) is 4. The van der Waals surface area contributed by atoms with Gasteiger partial charge in [-0.2, -0.15) is 0 Å². The Hall–Kier alpha value is -0.160. The van der Waals surface area contributed by atoms with Crippen LogP contribution in [-0.4, -0.2) is 56.8 Å². The van der Waals surface area contributed by atoms with Gasteiger partial charge in [0.25, 0.3) is 0 Å². The Balaban J connectivity index is 3.54. The average molecular weight is 177 g/mol. The van der Waals surface area contributed by atoms with Crippen LogP contribution in [0.1, 0.15) is 6.92 Å². The van der Waals surface area contributed by atoms with Crippen molar-refractivity contribution in [2.45, 2.75) is 13.2 Å². The Labute approximate surface area is 74.1 Å². The molecule has 0 aromatic carbocycles. The molecular weight excluding hydrogens is 158 g/mol. The van der Waals surface area contributed by atoms with Gasteiger partial charge in [0.15, 0.2) is 6.29 Å². The number of ether oxygens (including phenoxy) is 2. The number of likely N-dealkylation sites (N-methyl/N-ethyl adjacent to an activating group) is 1. The van der Waals surface area contributed by atoms with E-state index in [1.807, 2.05) is 25.9 Å². The molecule has 1 atom stereocenters. The van der Waals surface area contributed by atoms with E-state index in [0.717, 1.165) is 0 Å². The van der Waals surface area contributed by atoms with Crippen LogP contribution in [0.3, 0.4) is 0 Å². The number of nitrogens with zero attached hydrogens (tertiary/aromatic N) is 1. The maximum Gasteiger partial charge on any atom is 0.170 e. The molecule has 0 aromatic heterocycles. The van der Waals surface area contributed by atoms with Gasteiger partial charge in [0.05, 0.1) is 13.2 Å². The van der Waals surface area contributed by atoms with Crippen LogP contribution in [0.25, 0.3) is 0 Å². The zero-order chi connectivity index (χ0) is 9.40. The van der Waals surface area contributed by atoms with Crippen LogP contribution in [0.4, 0.5) is 0 Å². The first-order chi connectivity index (χ1) is 5.70. The van der Waals surface area contributed by atoms with Gasteiger partial charge in [-0.15, -0.1) is 0 Å². The average Bonchev–Trinajstić information content (AvgIpc) is 2.00. The van der Waals surface area contributed by atoms with Crippen LogP contribution in [0, 0.1) is 0 Å². The monoisotopic (exact) mass is 177 g/mol. The molecule has 1 unspecified atom stereocenters. The lowest BCUT2D eigenvalue weighted by molar-refractivity contribution is -0.151. The van der Waals surface area contributed by atoms with E-state index < -0.39 is 0 Å². The fourth-order valence-corrected chi connectivity index (χ4v) is 0.822. The van der Waals surface area contributed by atoms with E-state index in [4.69, 9.17) is 14.6 Å². The molecule has 0 aliphatic heterocycles. The van der Waals surface area contributed by atoms with Gasteiger partial charge in [0.1, 0.15) is 0 Å². The molecule has 0 radical (unpaired) electrons. The molecule has 0 saturated heterocycles. The summed E-state index contributed by atoms with van der Waals surface area (Å²) in [4.78, 5) is 1.98. The van der Waals surface area contributed by atoms with Crippen LogP contribution in [0.2, 0.25) is 0 Å². The van der Waals surface area contributed by atoms with Crippen molar-refractivity contribution in [1.29, 1.82) is 0 Å². The van der Waals surface area contributed by atoms with Crippen LogP contribution in [-0.2, 0) is 9.47 Å². The lowest BCUT2D eigenvalue weighted by Crippen LogP contribution is -2.31. The largest absolute Gasteiger partial charge is 0.394 e. The fourth-order valence-electron chi connectivity index (χ4n) is 0.822. The summed E-state index contributed by atoms with van der Waals surface area (Å²) in [6.45, 7) is 3.64. The van der Waals surface area contributed by atoms with Crippen molar-refractivity contribution >= 4 is 0 Å². The van der Waals surface area contributed by atoms with Crippen molar-refractivity contribution in [1.82, 2.24) is 4.90 Å². The summed E-state index contributed by atoms with van der Waals surface area (Å²) in [6, 6.07) is 0. The Morgan fingerprint density at radius 2 is 2.00 bits per heavy atom. The van der Waals surface area contributed by atoms with Crippen molar-refractivity contribution in [3.05, 3.63) is 0 Å². The molecule has 0 saturated carbocycles. The lowest BCUT2D eigenvalue weighted by atomic mass is 10.5. The minimum atomic E-state index is -0.225. The van der Waals surface area contributed by atoms with Crippen molar-refractivity contribution in [3.8, 4) is 0 Å². The summed E-state index contributed by atoms with van der Waals surface area (Å²) in [7, 11) is 3.91. The molecule has 0 aromatic rings. The third-order valence-corrected chi connectivity index (χ3v) is 1.26. The van der Waals surface area contributed by atoms with E-state index >= 15 is 0 Å². The maximum atomic E-state index is 8.52. The first-order valence-corrected chi connectivity index (χ1v) is 4.19. The summed E-state index contributed by atoms with van der Waals surface area (Å²) in [5, 5.41) is 8.52. The maximum absolute atomic E-state index is 8.52. The standard InChI is InChI=1S/C8H19NO3/c1-4-11-8(7-9(2)3)12-6-5-10/h8,10H,4-7H2,1-3H3. The second-order valence-electron chi connectivity index (χ2n) is 2.74. The second kappa shape index (κ2) is 7.49. The highest BCUT2D eigenvalue weighted by atomic mass is 16.7. The van der Waals surface area contributed by atoms with Gasteiger partial charge < -0.3 is 19.5 Å². The quantitative estimate of drug-likeness (QED) is 0.552. The number of rotatable bonds is 7. The molecule has 74 valence electrons. The molecule has 0 aliphatic rings. The van der Waals surface area contributed by atoms with E-state index in [1.165, 1.54) is 0 Å². The van der Waals surface area contributed by atoms with Gasteiger partial charge in [0, 0.05) is 13.2 Å². The van der Waals surface area contributed by atoms with E-state index in [2.05, 4.69) is 0 Å². The molecule has 0 amide bonds. The number of aliphatic hydroxyl groups excluding tert-OH is 1. The van der Waals surface area contributed by atoms with E-state index in [0.29, 0.717) is 19.8 Å². The zero-order valence-electron chi connectivity index (χ0n) is 8.12. The van der Waals surface area contributed by atoms with Crippen molar-refractivity contribution in [3.63, 3.8) is 0 Å². The topological polar surface area (TPSA) is 41.9 Å². The third kappa shape index (κ3) is 6.54. The summed E-state index contributed by atoms with van der Waals surface area (Å²) in [5.74, 6) is 0. The van der Waals surface area contributed by atoms with Crippen molar-refractivity contribution < 1.29 is 14.6 Å². The first kappa shape index (κ1) is 11.8. The van der Waals surface area contributed by atoms with Crippen molar-refractivity contribution in [2.24, 2.45) is 0 Å². The van der Waals surface area contributed by atoms with E-state index in [-0.39, 0.29) is 12.9 Å². The van der Waals surface area contributed by atoms with Crippen molar-refractivity contribution in [2.75, 3.05) is 40.5 Å². The number of hydrogen-bond donors (Lipinski definition) is 1. The fraction of sp³-hybridized carbons (Fsp3) is 1.00. The first-order valence-electron chi connectivity index (χ1n) is 4.19. The van der Waals surface area contributed by atoms with Crippen LogP contribution in [0.5, 0.6) is 0 Å². The summed E-state index contributed by atoms with van der Waals surface area (Å²) >= 11 is 0. The van der Waals surface area contributed by atoms with Crippen LogP contribution >= 0.6 is 0 Å². The zero-order valence-corrected chi connectivity index (χ0v) is 8.12. The predicted octanol–water partition coefficient (Wildman–Crippen LogP) is -0.0805. The highest BCUT2D eigenvalue weighted by Crippen LogP contribution is 1.96. The molecule has 12 heavy (non-hydrogen) atoms. The summed E-state index contributed by atoms with van der Waals surface area (Å²) < 4.78 is 10.5. The predicted molar refractivity (Wildman–Crippen MR) is 47.0 cm³/mol.